The number of hydrogen-bond donors (Lipinski definition) is 2. The molecule has 3 aromatic heterocycles. The van der Waals surface area contributed by atoms with Crippen molar-refractivity contribution >= 4 is 17.9 Å². The van der Waals surface area contributed by atoms with E-state index in [1.165, 1.54) is 4.68 Å². The van der Waals surface area contributed by atoms with E-state index in [1.807, 2.05) is 85.9 Å². The van der Waals surface area contributed by atoms with Gasteiger partial charge >= 0.3 is 0 Å². The maximum atomic E-state index is 13.0. The molecule has 1 amide bonds. The second kappa shape index (κ2) is 10.2. The average Bonchev–Trinajstić information content (AvgIpc) is 3.63. The van der Waals surface area contributed by atoms with Crippen LogP contribution in [0.2, 0.25) is 0 Å². The molecule has 2 aromatic carbocycles. The number of benzene rings is 2. The van der Waals surface area contributed by atoms with Gasteiger partial charge in [0, 0.05) is 23.9 Å². The minimum atomic E-state index is -0.550. The smallest absolute Gasteiger partial charge is 0.293 e. The van der Waals surface area contributed by atoms with Crippen LogP contribution < -0.4 is 11.2 Å². The SMILES string of the molecule is CN(C)Cc1c(C(=O)N/N=C\c2cn(-c3ccccc3)nc2-c2ccccc2)nnn1-c1nonc1N. The lowest BCUT2D eigenvalue weighted by Crippen LogP contribution is -2.23. The first-order chi connectivity index (χ1) is 18.0. The molecule has 0 atom stereocenters. The summed E-state index contributed by atoms with van der Waals surface area (Å²) in [6.07, 6.45) is 3.39. The molecule has 5 aromatic rings. The van der Waals surface area contributed by atoms with Gasteiger partial charge in [-0.15, -0.1) is 5.10 Å². The third kappa shape index (κ3) is 4.97. The normalized spacial score (nSPS) is 11.4. The largest absolute Gasteiger partial charge is 0.378 e. The molecule has 5 rings (SSSR count). The maximum absolute atomic E-state index is 13.0. The van der Waals surface area contributed by atoms with E-state index in [4.69, 9.17) is 10.8 Å². The van der Waals surface area contributed by atoms with Crippen LogP contribution in [0, 0.1) is 0 Å². The molecular formula is C24H23N11O2. The number of hydrogen-bond acceptors (Lipinski definition) is 10. The van der Waals surface area contributed by atoms with Crippen molar-refractivity contribution < 1.29 is 9.42 Å². The van der Waals surface area contributed by atoms with Crippen molar-refractivity contribution in [3.05, 3.63) is 83.8 Å². The second-order valence-corrected chi connectivity index (χ2v) is 8.29. The first kappa shape index (κ1) is 23.6. The highest BCUT2D eigenvalue weighted by molar-refractivity contribution is 5.95. The summed E-state index contributed by atoms with van der Waals surface area (Å²) in [5.74, 6) is -0.377. The van der Waals surface area contributed by atoms with Crippen LogP contribution in [0.4, 0.5) is 5.82 Å². The molecule has 3 N–H and O–H groups in total. The number of hydrazone groups is 1. The first-order valence-electron chi connectivity index (χ1n) is 11.2. The summed E-state index contributed by atoms with van der Waals surface area (Å²) in [6.45, 7) is 0.327. The lowest BCUT2D eigenvalue weighted by atomic mass is 10.1. The number of anilines is 1. The van der Waals surface area contributed by atoms with Crippen molar-refractivity contribution in [2.24, 2.45) is 5.10 Å². The number of nitrogen functional groups attached to an aromatic ring is 1. The summed E-state index contributed by atoms with van der Waals surface area (Å²) in [7, 11) is 3.69. The Kier molecular flexibility index (Phi) is 6.50. The highest BCUT2D eigenvalue weighted by atomic mass is 16.6. The van der Waals surface area contributed by atoms with Gasteiger partial charge in [0.1, 0.15) is 5.69 Å². The van der Waals surface area contributed by atoms with Crippen LogP contribution in [0.5, 0.6) is 0 Å². The van der Waals surface area contributed by atoms with Gasteiger partial charge in [0.25, 0.3) is 5.91 Å². The van der Waals surface area contributed by atoms with Gasteiger partial charge in [-0.1, -0.05) is 53.7 Å². The minimum Gasteiger partial charge on any atom is -0.378 e. The number of carbonyl (C=O) groups excluding carboxylic acids is 1. The van der Waals surface area contributed by atoms with Crippen molar-refractivity contribution in [1.29, 1.82) is 0 Å². The quantitative estimate of drug-likeness (QED) is 0.241. The fourth-order valence-electron chi connectivity index (χ4n) is 3.66. The molecular weight excluding hydrogens is 474 g/mol. The van der Waals surface area contributed by atoms with Crippen molar-refractivity contribution in [1.82, 2.24) is 45.4 Å². The van der Waals surface area contributed by atoms with E-state index in [2.05, 4.69) is 35.8 Å². The highest BCUT2D eigenvalue weighted by Crippen LogP contribution is 2.22. The zero-order valence-corrected chi connectivity index (χ0v) is 20.1. The summed E-state index contributed by atoms with van der Waals surface area (Å²) >= 11 is 0. The number of carbonyl (C=O) groups is 1. The number of nitrogens with one attached hydrogen (secondary N) is 1. The Bertz CT molecular complexity index is 1540. The van der Waals surface area contributed by atoms with Crippen molar-refractivity contribution in [3.63, 3.8) is 0 Å². The fraction of sp³-hybridized carbons (Fsp3) is 0.125. The Morgan fingerprint density at radius 1 is 1.11 bits per heavy atom. The summed E-state index contributed by atoms with van der Waals surface area (Å²) < 4.78 is 7.75. The molecule has 0 spiro atoms. The van der Waals surface area contributed by atoms with Crippen LogP contribution in [0.25, 0.3) is 22.8 Å². The van der Waals surface area contributed by atoms with Crippen LogP contribution in [-0.2, 0) is 6.54 Å². The Balaban J connectivity index is 1.43. The molecule has 0 bridgehead atoms. The van der Waals surface area contributed by atoms with Gasteiger partial charge in [0.2, 0.25) is 11.6 Å². The molecule has 0 saturated carbocycles. The minimum absolute atomic E-state index is 0.0266. The van der Waals surface area contributed by atoms with Crippen LogP contribution in [-0.4, -0.2) is 66.2 Å². The molecule has 0 aliphatic heterocycles. The number of amides is 1. The lowest BCUT2D eigenvalue weighted by Gasteiger charge is -2.11. The van der Waals surface area contributed by atoms with E-state index in [-0.39, 0.29) is 17.3 Å². The number of nitrogens with two attached hydrogens (primary N) is 1. The molecule has 0 unspecified atom stereocenters. The number of para-hydroxylation sites is 1. The standard InChI is InChI=1S/C24H23N11O2/c1-33(2)15-19-21(27-32-35(19)23-22(25)30-37-31-23)24(36)28-26-13-17-14-34(18-11-7-4-8-12-18)29-20(17)16-9-5-3-6-10-16/h3-14H,15H2,1-2H3,(H2,25,30)(H,28,36)/b26-13-. The lowest BCUT2D eigenvalue weighted by molar-refractivity contribution is 0.0948. The van der Waals surface area contributed by atoms with Gasteiger partial charge < -0.3 is 10.6 Å². The van der Waals surface area contributed by atoms with E-state index in [0.29, 0.717) is 17.8 Å². The molecule has 0 radical (unpaired) electrons. The molecule has 13 heteroatoms. The summed E-state index contributed by atoms with van der Waals surface area (Å²) in [6, 6.07) is 19.5. The van der Waals surface area contributed by atoms with E-state index in [1.54, 1.807) is 10.9 Å². The molecule has 0 aliphatic rings. The first-order valence-corrected chi connectivity index (χ1v) is 11.2. The predicted octanol–water partition coefficient (Wildman–Crippen LogP) is 1.91. The van der Waals surface area contributed by atoms with Crippen LogP contribution in [0.3, 0.4) is 0 Å². The van der Waals surface area contributed by atoms with Crippen LogP contribution in [0.15, 0.2) is 76.6 Å². The molecule has 186 valence electrons. The van der Waals surface area contributed by atoms with Gasteiger partial charge in [-0.25, -0.2) is 14.7 Å². The molecule has 0 fully saturated rings. The maximum Gasteiger partial charge on any atom is 0.293 e. The second-order valence-electron chi connectivity index (χ2n) is 8.29. The van der Waals surface area contributed by atoms with Crippen LogP contribution >= 0.6 is 0 Å². The van der Waals surface area contributed by atoms with E-state index < -0.39 is 5.91 Å². The van der Waals surface area contributed by atoms with Crippen molar-refractivity contribution in [3.8, 4) is 22.8 Å². The van der Waals surface area contributed by atoms with Gasteiger partial charge in [0.05, 0.1) is 17.6 Å². The molecule has 13 nitrogen and oxygen atoms in total. The van der Waals surface area contributed by atoms with Gasteiger partial charge in [0.15, 0.2) is 5.69 Å². The van der Waals surface area contributed by atoms with Crippen LogP contribution in [0.1, 0.15) is 21.7 Å². The number of rotatable bonds is 8. The van der Waals surface area contributed by atoms with Gasteiger partial charge in [-0.3, -0.25) is 4.79 Å². The highest BCUT2D eigenvalue weighted by Gasteiger charge is 2.24. The Hall–Kier alpha value is -5.17. The van der Waals surface area contributed by atoms with Gasteiger partial charge in [-0.2, -0.15) is 14.9 Å². The average molecular weight is 498 g/mol. The number of aromatic nitrogens is 7. The Labute approximate surface area is 211 Å². The van der Waals surface area contributed by atoms with Gasteiger partial charge in [-0.05, 0) is 36.5 Å². The van der Waals surface area contributed by atoms with Crippen molar-refractivity contribution in [2.45, 2.75) is 6.54 Å². The van der Waals surface area contributed by atoms with E-state index >= 15 is 0 Å². The van der Waals surface area contributed by atoms with E-state index in [0.717, 1.165) is 16.9 Å². The zero-order chi connectivity index (χ0) is 25.8. The topological polar surface area (TPSA) is 158 Å². The summed E-state index contributed by atoms with van der Waals surface area (Å²) in [4.78, 5) is 14.9. The monoisotopic (exact) mass is 497 g/mol. The molecule has 3 heterocycles. The third-order valence-electron chi connectivity index (χ3n) is 5.32. The van der Waals surface area contributed by atoms with E-state index in [9.17, 15) is 4.79 Å². The third-order valence-corrected chi connectivity index (χ3v) is 5.32. The predicted molar refractivity (Wildman–Crippen MR) is 135 cm³/mol. The Morgan fingerprint density at radius 3 is 2.51 bits per heavy atom. The molecule has 0 aliphatic carbocycles. The summed E-state index contributed by atoms with van der Waals surface area (Å²) in [5, 5.41) is 24.3. The molecule has 37 heavy (non-hydrogen) atoms. The summed E-state index contributed by atoms with van der Waals surface area (Å²) in [5.41, 5.74) is 12.1. The molecule has 0 saturated heterocycles. The Morgan fingerprint density at radius 2 is 1.84 bits per heavy atom. The fourth-order valence-corrected chi connectivity index (χ4v) is 3.66. The zero-order valence-electron chi connectivity index (χ0n) is 20.1. The van der Waals surface area contributed by atoms with Crippen molar-refractivity contribution in [2.75, 3.05) is 19.8 Å². The number of nitrogens with zero attached hydrogens (tertiary/aromatic N) is 9.